The summed E-state index contributed by atoms with van der Waals surface area (Å²) in [6.07, 6.45) is 0.678. The second-order valence-electron chi connectivity index (χ2n) is 4.60. The van der Waals surface area contributed by atoms with E-state index in [0.717, 1.165) is 10.2 Å². The predicted molar refractivity (Wildman–Crippen MR) is 86.6 cm³/mol. The van der Waals surface area contributed by atoms with Crippen molar-refractivity contribution in [2.45, 2.75) is 15.9 Å². The predicted octanol–water partition coefficient (Wildman–Crippen LogP) is 2.13. The lowest BCUT2D eigenvalue weighted by Gasteiger charge is -2.06. The van der Waals surface area contributed by atoms with Crippen molar-refractivity contribution in [2.75, 3.05) is 13.7 Å². The summed E-state index contributed by atoms with van der Waals surface area (Å²) in [4.78, 5) is 21.3. The molecule has 0 fully saturated rings. The van der Waals surface area contributed by atoms with Gasteiger partial charge in [0.25, 0.3) is 5.56 Å². The second kappa shape index (κ2) is 6.55. The van der Waals surface area contributed by atoms with E-state index in [1.165, 1.54) is 23.3 Å². The molecule has 0 radical (unpaired) electrons. The Hall–Kier alpha value is -1.77. The summed E-state index contributed by atoms with van der Waals surface area (Å²) < 4.78 is 11.6. The van der Waals surface area contributed by atoms with Crippen LogP contribution in [-0.2, 0) is 18.2 Å². The van der Waals surface area contributed by atoms with Crippen LogP contribution in [0.2, 0.25) is 0 Å². The number of aromatic nitrogens is 4. The minimum absolute atomic E-state index is 0.0581. The van der Waals surface area contributed by atoms with Crippen LogP contribution in [0, 0.1) is 0 Å². The fraction of sp³-hybridized carbons (Fsp3) is 0.286. The summed E-state index contributed by atoms with van der Waals surface area (Å²) in [5.74, 6) is 0.750. The summed E-state index contributed by atoms with van der Waals surface area (Å²) >= 11 is 2.66. The Morgan fingerprint density at radius 1 is 1.32 bits per heavy atom. The highest BCUT2D eigenvalue weighted by Gasteiger charge is 2.12. The van der Waals surface area contributed by atoms with E-state index in [0.29, 0.717) is 29.1 Å². The Balaban J connectivity index is 1.92. The van der Waals surface area contributed by atoms with Gasteiger partial charge in [-0.2, -0.15) is 4.37 Å². The van der Waals surface area contributed by atoms with Gasteiger partial charge in [0, 0.05) is 20.6 Å². The summed E-state index contributed by atoms with van der Waals surface area (Å²) in [5.41, 5.74) is 0.634. The molecule has 0 saturated heterocycles. The largest absolute Gasteiger partial charge is 0.384 e. The summed E-state index contributed by atoms with van der Waals surface area (Å²) in [7, 11) is 3.37. The van der Waals surface area contributed by atoms with Crippen LogP contribution in [0.4, 0.5) is 0 Å². The van der Waals surface area contributed by atoms with E-state index < -0.39 is 0 Å². The zero-order valence-corrected chi connectivity index (χ0v) is 13.8. The number of methoxy groups -OCH3 is 1. The van der Waals surface area contributed by atoms with Crippen LogP contribution >= 0.6 is 23.3 Å². The van der Waals surface area contributed by atoms with Crippen LogP contribution in [-0.4, -0.2) is 32.6 Å². The van der Waals surface area contributed by atoms with Gasteiger partial charge >= 0.3 is 0 Å². The number of ether oxygens (including phenoxy) is 1. The summed E-state index contributed by atoms with van der Waals surface area (Å²) in [6, 6.07) is 7.33. The Morgan fingerprint density at radius 2 is 2.14 bits per heavy atom. The van der Waals surface area contributed by atoms with E-state index in [4.69, 9.17) is 4.74 Å². The smallest absolute Gasteiger partial charge is 0.261 e. The molecule has 3 aromatic rings. The van der Waals surface area contributed by atoms with Crippen molar-refractivity contribution in [2.24, 2.45) is 7.05 Å². The molecule has 0 N–H and O–H groups in total. The number of para-hydroxylation sites is 1. The third kappa shape index (κ3) is 3.03. The van der Waals surface area contributed by atoms with Crippen LogP contribution in [0.25, 0.3) is 10.9 Å². The number of nitrogens with zero attached hydrogens (tertiary/aromatic N) is 4. The fourth-order valence-corrected chi connectivity index (χ4v) is 3.56. The van der Waals surface area contributed by atoms with Gasteiger partial charge in [-0.05, 0) is 35.4 Å². The van der Waals surface area contributed by atoms with Crippen LogP contribution in [0.1, 0.15) is 5.82 Å². The molecular formula is C14H14N4O2S2. The molecule has 2 aromatic heterocycles. The molecule has 114 valence electrons. The Bertz CT molecular complexity index is 859. The summed E-state index contributed by atoms with van der Waals surface area (Å²) in [6.45, 7) is 0.591. The van der Waals surface area contributed by atoms with E-state index >= 15 is 0 Å². The van der Waals surface area contributed by atoms with Gasteiger partial charge in [-0.3, -0.25) is 9.36 Å². The van der Waals surface area contributed by atoms with Gasteiger partial charge in [0.15, 0.2) is 9.50 Å². The number of rotatable bonds is 5. The Labute approximate surface area is 135 Å². The lowest BCUT2D eigenvalue weighted by Crippen LogP contribution is -2.19. The molecule has 1 aromatic carbocycles. The Morgan fingerprint density at radius 3 is 2.95 bits per heavy atom. The highest BCUT2D eigenvalue weighted by molar-refractivity contribution is 8.00. The van der Waals surface area contributed by atoms with Gasteiger partial charge in [-0.1, -0.05) is 12.1 Å². The minimum Gasteiger partial charge on any atom is -0.384 e. The van der Waals surface area contributed by atoms with Crippen LogP contribution in [0.3, 0.4) is 0 Å². The zero-order valence-electron chi connectivity index (χ0n) is 12.1. The molecule has 2 heterocycles. The topological polar surface area (TPSA) is 69.9 Å². The molecule has 0 saturated carbocycles. The van der Waals surface area contributed by atoms with Gasteiger partial charge in [-0.25, -0.2) is 9.97 Å². The number of fused-ring (bicyclic) bond motifs is 1. The molecule has 22 heavy (non-hydrogen) atoms. The van der Waals surface area contributed by atoms with E-state index in [9.17, 15) is 4.79 Å². The first-order valence-corrected chi connectivity index (χ1v) is 8.23. The summed E-state index contributed by atoms with van der Waals surface area (Å²) in [5, 5.41) is 1.23. The van der Waals surface area contributed by atoms with Crippen molar-refractivity contribution in [3.8, 4) is 0 Å². The van der Waals surface area contributed by atoms with Gasteiger partial charge in [0.2, 0.25) is 0 Å². The molecule has 6 nitrogen and oxygen atoms in total. The second-order valence-corrected chi connectivity index (χ2v) is 6.56. The van der Waals surface area contributed by atoms with E-state index in [1.807, 2.05) is 18.2 Å². The van der Waals surface area contributed by atoms with E-state index in [1.54, 1.807) is 24.8 Å². The lowest BCUT2D eigenvalue weighted by molar-refractivity contribution is 0.200. The lowest BCUT2D eigenvalue weighted by atomic mass is 10.2. The molecule has 0 aliphatic heterocycles. The molecule has 3 rings (SSSR count). The zero-order chi connectivity index (χ0) is 15.5. The molecule has 0 atom stereocenters. The van der Waals surface area contributed by atoms with Gasteiger partial charge < -0.3 is 4.74 Å². The SMILES string of the molecule is COCCc1nsc(Sc2nc3ccccc3c(=O)n2C)n1. The molecule has 0 aliphatic carbocycles. The number of hydrogen-bond acceptors (Lipinski definition) is 7. The van der Waals surface area contributed by atoms with Gasteiger partial charge in [0.05, 0.1) is 17.5 Å². The van der Waals surface area contributed by atoms with Crippen LogP contribution in [0.15, 0.2) is 38.6 Å². The van der Waals surface area contributed by atoms with Crippen molar-refractivity contribution >= 4 is 34.2 Å². The molecule has 0 aliphatic rings. The van der Waals surface area contributed by atoms with Crippen molar-refractivity contribution in [3.05, 3.63) is 40.4 Å². The fourth-order valence-electron chi connectivity index (χ4n) is 1.94. The van der Waals surface area contributed by atoms with Gasteiger partial charge in [-0.15, -0.1) is 0 Å². The molecule has 0 amide bonds. The molecule has 0 unspecified atom stereocenters. The number of benzene rings is 1. The first kappa shape index (κ1) is 15.1. The highest BCUT2D eigenvalue weighted by Crippen LogP contribution is 2.27. The van der Waals surface area contributed by atoms with E-state index in [2.05, 4.69) is 14.3 Å². The molecular weight excluding hydrogens is 320 g/mol. The Kier molecular flexibility index (Phi) is 4.51. The first-order chi connectivity index (χ1) is 10.7. The maximum atomic E-state index is 12.3. The average molecular weight is 334 g/mol. The van der Waals surface area contributed by atoms with E-state index in [-0.39, 0.29) is 5.56 Å². The van der Waals surface area contributed by atoms with Gasteiger partial charge in [0.1, 0.15) is 5.82 Å². The normalized spacial score (nSPS) is 11.2. The standard InChI is InChI=1S/C14H14N4O2S2/c1-18-12(19)9-5-3-4-6-10(9)15-13(18)21-14-16-11(17-22-14)7-8-20-2/h3-6H,7-8H2,1-2H3. The maximum Gasteiger partial charge on any atom is 0.261 e. The average Bonchev–Trinajstić information content (AvgIpc) is 2.98. The number of hydrogen-bond donors (Lipinski definition) is 0. The molecule has 0 bridgehead atoms. The van der Waals surface area contributed by atoms with Crippen molar-refractivity contribution in [3.63, 3.8) is 0 Å². The van der Waals surface area contributed by atoms with Crippen LogP contribution in [0.5, 0.6) is 0 Å². The molecule has 8 heteroatoms. The van der Waals surface area contributed by atoms with Crippen molar-refractivity contribution in [1.29, 1.82) is 0 Å². The monoisotopic (exact) mass is 334 g/mol. The maximum absolute atomic E-state index is 12.3. The third-order valence-corrected chi connectivity index (χ3v) is 4.94. The quantitative estimate of drug-likeness (QED) is 0.666. The van der Waals surface area contributed by atoms with Crippen LogP contribution < -0.4 is 5.56 Å². The van der Waals surface area contributed by atoms with Crippen molar-refractivity contribution < 1.29 is 4.74 Å². The first-order valence-electron chi connectivity index (χ1n) is 6.64. The minimum atomic E-state index is -0.0581. The third-order valence-electron chi connectivity index (χ3n) is 3.10. The molecule has 0 spiro atoms. The van der Waals surface area contributed by atoms with Crippen molar-refractivity contribution in [1.82, 2.24) is 18.9 Å². The highest BCUT2D eigenvalue weighted by atomic mass is 32.2.